The van der Waals surface area contributed by atoms with E-state index in [9.17, 15) is 18.3 Å². The lowest BCUT2D eigenvalue weighted by Gasteiger charge is -2.04. The lowest BCUT2D eigenvalue weighted by molar-refractivity contribution is -0.117. The van der Waals surface area contributed by atoms with Crippen LogP contribution in [0.1, 0.15) is 12.5 Å². The van der Waals surface area contributed by atoms with Crippen molar-refractivity contribution in [2.24, 2.45) is 4.99 Å². The zero-order chi connectivity index (χ0) is 16.2. The number of aliphatic imine (C=N–C) groups is 1. The number of aromatic hydroxyl groups is 1. The summed E-state index contributed by atoms with van der Waals surface area (Å²) >= 11 is 0. The maximum atomic E-state index is 11.8. The molecule has 2 rings (SSSR count). The third kappa shape index (κ3) is 3.92. The van der Waals surface area contributed by atoms with E-state index in [1.165, 1.54) is 30.5 Å². The molecule has 1 amide bonds. The van der Waals surface area contributed by atoms with Crippen molar-refractivity contribution in [1.29, 1.82) is 0 Å². The van der Waals surface area contributed by atoms with E-state index in [4.69, 9.17) is 0 Å². The minimum absolute atomic E-state index is 0.0239. The molecule has 2 N–H and O–H groups in total. The Bertz CT molecular complexity index is 812. The Labute approximate surface area is 128 Å². The Morgan fingerprint density at radius 2 is 1.77 bits per heavy atom. The molecule has 7 heteroatoms. The summed E-state index contributed by atoms with van der Waals surface area (Å²) < 4.78 is 25.4. The van der Waals surface area contributed by atoms with E-state index in [1.54, 1.807) is 24.3 Å². The summed E-state index contributed by atoms with van der Waals surface area (Å²) in [5.74, 6) is -0.544. The van der Waals surface area contributed by atoms with Gasteiger partial charge in [-0.25, -0.2) is 13.1 Å². The monoisotopic (exact) mass is 318 g/mol. The van der Waals surface area contributed by atoms with Crippen LogP contribution in [0, 0.1) is 0 Å². The molecular formula is C15H14N2O4S. The van der Waals surface area contributed by atoms with E-state index in [0.29, 0.717) is 11.3 Å². The normalized spacial score (nSPS) is 11.5. The molecule has 0 radical (unpaired) electrons. The molecule has 0 fully saturated rings. The van der Waals surface area contributed by atoms with Crippen molar-refractivity contribution < 1.29 is 18.3 Å². The van der Waals surface area contributed by atoms with Gasteiger partial charge < -0.3 is 5.11 Å². The van der Waals surface area contributed by atoms with Crippen LogP contribution in [0.15, 0.2) is 58.4 Å². The van der Waals surface area contributed by atoms with Gasteiger partial charge in [-0.3, -0.25) is 9.79 Å². The molecule has 0 aliphatic carbocycles. The van der Waals surface area contributed by atoms with E-state index >= 15 is 0 Å². The van der Waals surface area contributed by atoms with Gasteiger partial charge in [-0.1, -0.05) is 12.1 Å². The van der Waals surface area contributed by atoms with Crippen molar-refractivity contribution in [1.82, 2.24) is 4.72 Å². The molecule has 0 unspecified atom stereocenters. The number of para-hydroxylation sites is 1. The molecule has 0 spiro atoms. The van der Waals surface area contributed by atoms with Gasteiger partial charge in [0.25, 0.3) is 10.0 Å². The second-order valence-corrected chi connectivity index (χ2v) is 6.16. The topological polar surface area (TPSA) is 95.8 Å². The molecule has 0 atom stereocenters. The predicted octanol–water partition coefficient (Wildman–Crippen LogP) is 1.97. The minimum atomic E-state index is -3.84. The second-order valence-electron chi connectivity index (χ2n) is 4.47. The van der Waals surface area contributed by atoms with Crippen LogP contribution in [0.25, 0.3) is 0 Å². The van der Waals surface area contributed by atoms with Crippen molar-refractivity contribution in [3.8, 4) is 5.75 Å². The number of phenolic OH excluding ortho intramolecular Hbond substituents is 1. The number of carbonyl (C=O) groups is 1. The van der Waals surface area contributed by atoms with Crippen LogP contribution >= 0.6 is 0 Å². The molecule has 0 aromatic heterocycles. The lowest BCUT2D eigenvalue weighted by atomic mass is 10.2. The van der Waals surface area contributed by atoms with Crippen LogP contribution in [0.2, 0.25) is 0 Å². The molecule has 6 nitrogen and oxygen atoms in total. The Hall–Kier alpha value is -2.67. The van der Waals surface area contributed by atoms with Crippen LogP contribution in [0.3, 0.4) is 0 Å². The fourth-order valence-corrected chi connectivity index (χ4v) is 2.69. The van der Waals surface area contributed by atoms with Crippen molar-refractivity contribution in [2.45, 2.75) is 11.8 Å². The molecule has 0 bridgehead atoms. The van der Waals surface area contributed by atoms with E-state index in [0.717, 1.165) is 6.92 Å². The summed E-state index contributed by atoms with van der Waals surface area (Å²) in [6.07, 6.45) is 1.48. The number of nitrogens with one attached hydrogen (secondary N) is 1. The van der Waals surface area contributed by atoms with Gasteiger partial charge in [0, 0.05) is 18.7 Å². The molecule has 0 heterocycles. The van der Waals surface area contributed by atoms with Gasteiger partial charge in [-0.15, -0.1) is 0 Å². The Morgan fingerprint density at radius 3 is 2.36 bits per heavy atom. The molecule has 2 aromatic carbocycles. The van der Waals surface area contributed by atoms with Crippen molar-refractivity contribution >= 4 is 27.8 Å². The number of nitrogens with zero attached hydrogens (tertiary/aromatic N) is 1. The Kier molecular flexibility index (Phi) is 4.57. The zero-order valence-electron chi connectivity index (χ0n) is 11.7. The third-order valence-electron chi connectivity index (χ3n) is 2.71. The van der Waals surface area contributed by atoms with Gasteiger partial charge in [0.05, 0.1) is 10.6 Å². The molecule has 22 heavy (non-hydrogen) atoms. The van der Waals surface area contributed by atoms with Crippen molar-refractivity contribution in [2.75, 3.05) is 0 Å². The predicted molar refractivity (Wildman–Crippen MR) is 82.8 cm³/mol. The lowest BCUT2D eigenvalue weighted by Crippen LogP contribution is -2.28. The van der Waals surface area contributed by atoms with Gasteiger partial charge >= 0.3 is 0 Å². The molecule has 0 aliphatic rings. The number of hydrogen-bond donors (Lipinski definition) is 2. The molecule has 0 saturated heterocycles. The minimum Gasteiger partial charge on any atom is -0.507 e. The number of hydrogen-bond acceptors (Lipinski definition) is 5. The van der Waals surface area contributed by atoms with Gasteiger partial charge in [-0.05, 0) is 36.4 Å². The first-order valence-electron chi connectivity index (χ1n) is 6.34. The van der Waals surface area contributed by atoms with Crippen molar-refractivity contribution in [3.63, 3.8) is 0 Å². The highest BCUT2D eigenvalue weighted by atomic mass is 32.2. The molecule has 2 aromatic rings. The van der Waals surface area contributed by atoms with Gasteiger partial charge in [0.1, 0.15) is 5.75 Å². The Balaban J connectivity index is 2.20. The highest BCUT2D eigenvalue weighted by molar-refractivity contribution is 7.90. The SMILES string of the molecule is CC(=O)NS(=O)(=O)c1ccc(N=Cc2ccccc2O)cc1. The summed E-state index contributed by atoms with van der Waals surface area (Å²) in [4.78, 5) is 15.0. The number of phenols is 1. The number of carbonyl (C=O) groups excluding carboxylic acids is 1. The van der Waals surface area contributed by atoms with E-state index in [1.807, 2.05) is 4.72 Å². The van der Waals surface area contributed by atoms with Gasteiger partial charge in [-0.2, -0.15) is 0 Å². The van der Waals surface area contributed by atoms with E-state index in [-0.39, 0.29) is 10.6 Å². The fraction of sp³-hybridized carbons (Fsp3) is 0.0667. The summed E-state index contributed by atoms with van der Waals surface area (Å²) in [6, 6.07) is 12.4. The highest BCUT2D eigenvalue weighted by Crippen LogP contribution is 2.18. The third-order valence-corrected chi connectivity index (χ3v) is 4.16. The molecule has 0 aliphatic heterocycles. The van der Waals surface area contributed by atoms with E-state index in [2.05, 4.69) is 4.99 Å². The number of amides is 1. The molecule has 0 saturated carbocycles. The summed E-state index contributed by atoms with van der Waals surface area (Å²) in [5.41, 5.74) is 1.07. The van der Waals surface area contributed by atoms with Crippen LogP contribution < -0.4 is 4.72 Å². The smallest absolute Gasteiger partial charge is 0.264 e. The second kappa shape index (κ2) is 6.40. The van der Waals surface area contributed by atoms with Crippen LogP contribution in [0.4, 0.5) is 5.69 Å². The Morgan fingerprint density at radius 1 is 1.14 bits per heavy atom. The number of benzene rings is 2. The molecule has 114 valence electrons. The molecular weight excluding hydrogens is 304 g/mol. The van der Waals surface area contributed by atoms with Gasteiger partial charge in [0.2, 0.25) is 5.91 Å². The maximum absolute atomic E-state index is 11.8. The van der Waals surface area contributed by atoms with Crippen molar-refractivity contribution in [3.05, 3.63) is 54.1 Å². The summed E-state index contributed by atoms with van der Waals surface area (Å²) in [5, 5.41) is 9.61. The van der Waals surface area contributed by atoms with Gasteiger partial charge in [0.15, 0.2) is 0 Å². The highest BCUT2D eigenvalue weighted by Gasteiger charge is 2.14. The summed E-state index contributed by atoms with van der Waals surface area (Å²) in [6.45, 7) is 1.13. The quantitative estimate of drug-likeness (QED) is 0.842. The largest absolute Gasteiger partial charge is 0.507 e. The van der Waals surface area contributed by atoms with Crippen LogP contribution in [-0.4, -0.2) is 25.6 Å². The number of rotatable bonds is 4. The number of sulfonamides is 1. The average Bonchev–Trinajstić information content (AvgIpc) is 2.45. The standard InChI is InChI=1S/C15H14N2O4S/c1-11(18)17-22(20,21)14-8-6-13(7-9-14)16-10-12-4-2-3-5-15(12)19/h2-10,19H,1H3,(H,17,18). The van der Waals surface area contributed by atoms with E-state index < -0.39 is 15.9 Å². The van der Waals surface area contributed by atoms with Crippen LogP contribution in [-0.2, 0) is 14.8 Å². The first kappa shape index (κ1) is 15.7. The first-order chi connectivity index (χ1) is 10.4. The first-order valence-corrected chi connectivity index (χ1v) is 7.82. The zero-order valence-corrected chi connectivity index (χ0v) is 12.5. The average molecular weight is 318 g/mol. The van der Waals surface area contributed by atoms with Crippen LogP contribution in [0.5, 0.6) is 5.75 Å². The summed E-state index contributed by atoms with van der Waals surface area (Å²) in [7, 11) is -3.84. The fourth-order valence-electron chi connectivity index (χ4n) is 1.70. The maximum Gasteiger partial charge on any atom is 0.264 e.